The quantitative estimate of drug-likeness (QED) is 0.618. The number of aryl methyl sites for hydroxylation is 1. The number of hydrogen-bond donors (Lipinski definition) is 0. The summed E-state index contributed by atoms with van der Waals surface area (Å²) in [4.78, 5) is 16.0. The van der Waals surface area contributed by atoms with Crippen LogP contribution >= 0.6 is 0 Å². The van der Waals surface area contributed by atoms with E-state index in [4.69, 9.17) is 9.15 Å². The Morgan fingerprint density at radius 2 is 2.10 bits per heavy atom. The third-order valence-electron chi connectivity index (χ3n) is 2.80. The summed E-state index contributed by atoms with van der Waals surface area (Å²) in [6.07, 6.45) is 3.74. The molecule has 0 radical (unpaired) electrons. The van der Waals surface area contributed by atoms with Gasteiger partial charge in [0.25, 0.3) is 0 Å². The molecule has 0 saturated carbocycles. The van der Waals surface area contributed by atoms with Gasteiger partial charge in [-0.05, 0) is 26.0 Å². The fourth-order valence-corrected chi connectivity index (χ4v) is 1.72. The van der Waals surface area contributed by atoms with Gasteiger partial charge < -0.3 is 9.15 Å². The largest absolute Gasteiger partial charge is 0.461 e. The predicted octanol–water partition coefficient (Wildman–Crippen LogP) is 3.31. The standard InChI is InChI=1S/C16H17NO3/c1-3-4-10-19-15(18)11-14-12(2)20-16(17-14)13-8-6-5-7-9-13/h3-9H,10-11H2,1-2H3/b4-3+. The Kier molecular flexibility index (Phi) is 4.71. The SMILES string of the molecule is C/C=C/COC(=O)Cc1nc(-c2ccccc2)oc1C. The van der Waals surface area contributed by atoms with Crippen LogP contribution < -0.4 is 0 Å². The molecule has 0 aliphatic rings. The molecule has 0 amide bonds. The Hall–Kier alpha value is -2.36. The maximum absolute atomic E-state index is 11.6. The molecule has 1 heterocycles. The highest BCUT2D eigenvalue weighted by Crippen LogP contribution is 2.21. The second kappa shape index (κ2) is 6.70. The van der Waals surface area contributed by atoms with Crippen molar-refractivity contribution in [3.8, 4) is 11.5 Å². The Morgan fingerprint density at radius 1 is 1.35 bits per heavy atom. The van der Waals surface area contributed by atoms with Crippen LogP contribution in [0, 0.1) is 6.92 Å². The van der Waals surface area contributed by atoms with Crippen molar-refractivity contribution in [1.82, 2.24) is 4.98 Å². The minimum Gasteiger partial charge on any atom is -0.461 e. The Labute approximate surface area is 118 Å². The van der Waals surface area contributed by atoms with E-state index in [0.717, 1.165) is 5.56 Å². The lowest BCUT2D eigenvalue weighted by Crippen LogP contribution is -2.09. The average molecular weight is 271 g/mol. The highest BCUT2D eigenvalue weighted by Gasteiger charge is 2.15. The lowest BCUT2D eigenvalue weighted by Gasteiger charge is -1.99. The molecule has 4 nitrogen and oxygen atoms in total. The first-order valence-corrected chi connectivity index (χ1v) is 6.49. The Bertz CT molecular complexity index is 599. The lowest BCUT2D eigenvalue weighted by atomic mass is 10.2. The maximum atomic E-state index is 11.6. The van der Waals surface area contributed by atoms with E-state index in [1.165, 1.54) is 0 Å². The number of hydrogen-bond acceptors (Lipinski definition) is 4. The van der Waals surface area contributed by atoms with Crippen LogP contribution in [0.25, 0.3) is 11.5 Å². The van der Waals surface area contributed by atoms with Crippen LogP contribution in [0.15, 0.2) is 46.9 Å². The van der Waals surface area contributed by atoms with E-state index in [-0.39, 0.29) is 19.0 Å². The summed E-state index contributed by atoms with van der Waals surface area (Å²) in [7, 11) is 0. The van der Waals surface area contributed by atoms with E-state index in [0.29, 0.717) is 17.3 Å². The summed E-state index contributed by atoms with van der Waals surface area (Å²) in [5.74, 6) is 0.866. The molecule has 0 spiro atoms. The molecule has 20 heavy (non-hydrogen) atoms. The third kappa shape index (κ3) is 3.57. The summed E-state index contributed by atoms with van der Waals surface area (Å²) in [6.45, 7) is 3.97. The third-order valence-corrected chi connectivity index (χ3v) is 2.80. The van der Waals surface area contributed by atoms with Crippen molar-refractivity contribution in [3.63, 3.8) is 0 Å². The summed E-state index contributed by atoms with van der Waals surface area (Å²) < 4.78 is 10.6. The van der Waals surface area contributed by atoms with E-state index < -0.39 is 0 Å². The van der Waals surface area contributed by atoms with E-state index in [2.05, 4.69) is 4.98 Å². The van der Waals surface area contributed by atoms with E-state index in [9.17, 15) is 4.79 Å². The molecule has 0 saturated heterocycles. The van der Waals surface area contributed by atoms with Crippen molar-refractivity contribution in [3.05, 3.63) is 53.9 Å². The number of carbonyl (C=O) groups excluding carboxylic acids is 1. The molecule has 2 rings (SSSR count). The van der Waals surface area contributed by atoms with Crippen LogP contribution in [-0.4, -0.2) is 17.6 Å². The lowest BCUT2D eigenvalue weighted by molar-refractivity contribution is -0.141. The van der Waals surface area contributed by atoms with Crippen molar-refractivity contribution >= 4 is 5.97 Å². The molecule has 1 aromatic heterocycles. The predicted molar refractivity (Wildman–Crippen MR) is 76.2 cm³/mol. The number of oxazole rings is 1. The highest BCUT2D eigenvalue weighted by molar-refractivity contribution is 5.72. The molecule has 0 unspecified atom stereocenters. The number of aromatic nitrogens is 1. The van der Waals surface area contributed by atoms with Crippen LogP contribution in [0.5, 0.6) is 0 Å². The molecule has 4 heteroatoms. The van der Waals surface area contributed by atoms with Crippen molar-refractivity contribution in [2.45, 2.75) is 20.3 Å². The van der Waals surface area contributed by atoms with E-state index >= 15 is 0 Å². The second-order valence-corrected chi connectivity index (χ2v) is 4.32. The van der Waals surface area contributed by atoms with Gasteiger partial charge in [0.15, 0.2) is 0 Å². The topological polar surface area (TPSA) is 52.3 Å². The Balaban J connectivity index is 2.06. The van der Waals surface area contributed by atoms with Crippen molar-refractivity contribution in [2.75, 3.05) is 6.61 Å². The van der Waals surface area contributed by atoms with Crippen molar-refractivity contribution in [2.24, 2.45) is 0 Å². The van der Waals surface area contributed by atoms with Gasteiger partial charge in [-0.25, -0.2) is 4.98 Å². The van der Waals surface area contributed by atoms with Gasteiger partial charge in [-0.2, -0.15) is 0 Å². The zero-order chi connectivity index (χ0) is 14.4. The van der Waals surface area contributed by atoms with Gasteiger partial charge in [-0.15, -0.1) is 0 Å². The van der Waals surface area contributed by atoms with E-state index in [1.807, 2.05) is 43.3 Å². The number of esters is 1. The fourth-order valence-electron chi connectivity index (χ4n) is 1.72. The van der Waals surface area contributed by atoms with Crippen LogP contribution in [0.1, 0.15) is 18.4 Å². The maximum Gasteiger partial charge on any atom is 0.312 e. The molecule has 104 valence electrons. The molecular weight excluding hydrogens is 254 g/mol. The number of benzene rings is 1. The number of carbonyl (C=O) groups is 1. The van der Waals surface area contributed by atoms with Gasteiger partial charge in [-0.3, -0.25) is 4.79 Å². The zero-order valence-electron chi connectivity index (χ0n) is 11.6. The highest BCUT2D eigenvalue weighted by atomic mass is 16.5. The summed E-state index contributed by atoms with van der Waals surface area (Å²) in [5.41, 5.74) is 1.51. The molecule has 0 atom stereocenters. The first-order valence-electron chi connectivity index (χ1n) is 6.49. The summed E-state index contributed by atoms with van der Waals surface area (Å²) in [6, 6.07) is 9.59. The molecular formula is C16H17NO3. The van der Waals surface area contributed by atoms with Gasteiger partial charge in [0.1, 0.15) is 12.4 Å². The normalized spacial score (nSPS) is 10.9. The van der Waals surface area contributed by atoms with Crippen molar-refractivity contribution in [1.29, 1.82) is 0 Å². The number of ether oxygens (including phenoxy) is 1. The monoisotopic (exact) mass is 271 g/mol. The van der Waals surface area contributed by atoms with Gasteiger partial charge in [0.2, 0.25) is 5.89 Å². The average Bonchev–Trinajstić information content (AvgIpc) is 2.81. The van der Waals surface area contributed by atoms with Crippen LogP contribution in [0.3, 0.4) is 0 Å². The van der Waals surface area contributed by atoms with E-state index in [1.54, 1.807) is 13.0 Å². The molecule has 2 aromatic rings. The molecule has 0 N–H and O–H groups in total. The smallest absolute Gasteiger partial charge is 0.312 e. The van der Waals surface area contributed by atoms with Crippen molar-refractivity contribution < 1.29 is 13.9 Å². The van der Waals surface area contributed by atoms with Crippen LogP contribution in [0.2, 0.25) is 0 Å². The summed E-state index contributed by atoms with van der Waals surface area (Å²) >= 11 is 0. The van der Waals surface area contributed by atoms with Gasteiger partial charge in [-0.1, -0.05) is 30.4 Å². The Morgan fingerprint density at radius 3 is 2.80 bits per heavy atom. The van der Waals surface area contributed by atoms with Crippen LogP contribution in [-0.2, 0) is 16.0 Å². The van der Waals surface area contributed by atoms with Gasteiger partial charge in [0.05, 0.1) is 12.1 Å². The fraction of sp³-hybridized carbons (Fsp3) is 0.250. The minimum atomic E-state index is -0.306. The first kappa shape index (κ1) is 14.1. The molecule has 0 fully saturated rings. The van der Waals surface area contributed by atoms with Gasteiger partial charge >= 0.3 is 5.97 Å². The number of rotatable bonds is 5. The van der Waals surface area contributed by atoms with Crippen LogP contribution in [0.4, 0.5) is 0 Å². The number of nitrogens with zero attached hydrogens (tertiary/aromatic N) is 1. The van der Waals surface area contributed by atoms with Gasteiger partial charge in [0, 0.05) is 5.56 Å². The molecule has 1 aromatic carbocycles. The summed E-state index contributed by atoms with van der Waals surface area (Å²) in [5, 5.41) is 0. The molecule has 0 aliphatic carbocycles. The number of allylic oxidation sites excluding steroid dienone is 1. The first-order chi connectivity index (χ1) is 9.70. The molecule has 0 aliphatic heterocycles. The second-order valence-electron chi connectivity index (χ2n) is 4.32. The molecule has 0 bridgehead atoms. The zero-order valence-corrected chi connectivity index (χ0v) is 11.6. The minimum absolute atomic E-state index is 0.125.